The van der Waals surface area contributed by atoms with Gasteiger partial charge in [-0.3, -0.25) is 9.59 Å². The van der Waals surface area contributed by atoms with Crippen molar-refractivity contribution in [2.45, 2.75) is 50.5 Å². The van der Waals surface area contributed by atoms with Gasteiger partial charge in [0.2, 0.25) is 5.91 Å². The molecule has 2 amide bonds. The minimum absolute atomic E-state index is 0.0341. The standard InChI is InChI=1S/C22H26N2O2/c1-14-18-4-2-3-5-19(18)21(26)24(14)7-6-20(25)23-22-11-15-8-16(12-22)10-17(9-15)13-22/h2-5,15-17H,1,6-13H2,(H,23,25). The van der Waals surface area contributed by atoms with Crippen LogP contribution in [-0.2, 0) is 4.79 Å². The van der Waals surface area contributed by atoms with Crippen LogP contribution in [0.25, 0.3) is 5.70 Å². The number of rotatable bonds is 4. The van der Waals surface area contributed by atoms with Crippen molar-refractivity contribution < 1.29 is 9.59 Å². The molecule has 0 atom stereocenters. The highest BCUT2D eigenvalue weighted by atomic mass is 16.2. The summed E-state index contributed by atoms with van der Waals surface area (Å²) in [6, 6.07) is 7.54. The molecule has 6 rings (SSSR count). The summed E-state index contributed by atoms with van der Waals surface area (Å²) in [5.74, 6) is 2.50. The fourth-order valence-corrected chi connectivity index (χ4v) is 6.41. The first-order valence-electron chi connectivity index (χ1n) is 9.94. The van der Waals surface area contributed by atoms with Crippen LogP contribution in [0.1, 0.15) is 60.9 Å². The van der Waals surface area contributed by atoms with Gasteiger partial charge in [0.25, 0.3) is 5.91 Å². The van der Waals surface area contributed by atoms with Crippen LogP contribution in [0.2, 0.25) is 0 Å². The number of carbonyl (C=O) groups excluding carboxylic acids is 2. The lowest BCUT2D eigenvalue weighted by atomic mass is 9.53. The fraction of sp³-hybridized carbons (Fsp3) is 0.545. The Hall–Kier alpha value is -2.10. The molecule has 0 spiro atoms. The van der Waals surface area contributed by atoms with Gasteiger partial charge in [0.1, 0.15) is 0 Å². The van der Waals surface area contributed by atoms with E-state index in [2.05, 4.69) is 11.9 Å². The van der Waals surface area contributed by atoms with Crippen LogP contribution < -0.4 is 5.32 Å². The normalized spacial score (nSPS) is 34.3. The van der Waals surface area contributed by atoms with Gasteiger partial charge in [-0.25, -0.2) is 0 Å². The lowest BCUT2D eigenvalue weighted by Crippen LogP contribution is -2.60. The Morgan fingerprint density at radius 3 is 2.23 bits per heavy atom. The Morgan fingerprint density at radius 1 is 1.08 bits per heavy atom. The van der Waals surface area contributed by atoms with E-state index in [0.717, 1.165) is 42.6 Å². The third kappa shape index (κ3) is 2.50. The number of carbonyl (C=O) groups is 2. The van der Waals surface area contributed by atoms with E-state index in [1.165, 1.54) is 19.3 Å². The van der Waals surface area contributed by atoms with Crippen LogP contribution in [0.15, 0.2) is 30.8 Å². The molecular formula is C22H26N2O2. The molecule has 1 aliphatic heterocycles. The first kappa shape index (κ1) is 16.1. The monoisotopic (exact) mass is 350 g/mol. The molecule has 4 fully saturated rings. The van der Waals surface area contributed by atoms with Crippen molar-refractivity contribution in [2.75, 3.05) is 6.54 Å². The van der Waals surface area contributed by atoms with Gasteiger partial charge in [0.15, 0.2) is 0 Å². The number of hydrogen-bond donors (Lipinski definition) is 1. The number of nitrogens with one attached hydrogen (secondary N) is 1. The van der Waals surface area contributed by atoms with Crippen molar-refractivity contribution in [1.82, 2.24) is 10.2 Å². The third-order valence-electron chi connectivity index (χ3n) is 7.04. The molecule has 4 bridgehead atoms. The molecular weight excluding hydrogens is 324 g/mol. The molecule has 4 heteroatoms. The highest BCUT2D eigenvalue weighted by Crippen LogP contribution is 2.55. The Labute approximate surface area is 154 Å². The van der Waals surface area contributed by atoms with Gasteiger partial charge in [-0.15, -0.1) is 0 Å². The maximum absolute atomic E-state index is 12.7. The number of benzene rings is 1. The van der Waals surface area contributed by atoms with Crippen molar-refractivity contribution in [1.29, 1.82) is 0 Å². The number of hydrogen-bond acceptors (Lipinski definition) is 2. The summed E-state index contributed by atoms with van der Waals surface area (Å²) in [5.41, 5.74) is 2.34. The van der Waals surface area contributed by atoms with Gasteiger partial charge in [0, 0.05) is 35.3 Å². The van der Waals surface area contributed by atoms with E-state index in [1.54, 1.807) is 4.90 Å². The van der Waals surface area contributed by atoms with E-state index in [4.69, 9.17) is 0 Å². The van der Waals surface area contributed by atoms with E-state index < -0.39 is 0 Å². The van der Waals surface area contributed by atoms with Crippen LogP contribution >= 0.6 is 0 Å². The van der Waals surface area contributed by atoms with Crippen LogP contribution in [0.4, 0.5) is 0 Å². The second-order valence-corrected chi connectivity index (χ2v) is 8.95. The third-order valence-corrected chi connectivity index (χ3v) is 7.04. The van der Waals surface area contributed by atoms with Crippen LogP contribution in [0.5, 0.6) is 0 Å². The molecule has 1 heterocycles. The quantitative estimate of drug-likeness (QED) is 0.902. The minimum atomic E-state index is -0.0341. The maximum Gasteiger partial charge on any atom is 0.258 e. The lowest BCUT2D eigenvalue weighted by molar-refractivity contribution is -0.126. The van der Waals surface area contributed by atoms with Crippen molar-refractivity contribution in [3.05, 3.63) is 42.0 Å². The zero-order valence-corrected chi connectivity index (χ0v) is 15.2. The summed E-state index contributed by atoms with van der Waals surface area (Å²) < 4.78 is 0. The smallest absolute Gasteiger partial charge is 0.258 e. The lowest BCUT2D eigenvalue weighted by Gasteiger charge is -2.57. The summed E-state index contributed by atoms with van der Waals surface area (Å²) >= 11 is 0. The molecule has 0 saturated heterocycles. The van der Waals surface area contributed by atoms with Crippen molar-refractivity contribution in [2.24, 2.45) is 17.8 Å². The van der Waals surface area contributed by atoms with Crippen molar-refractivity contribution in [3.8, 4) is 0 Å². The zero-order chi connectivity index (χ0) is 17.9. The van der Waals surface area contributed by atoms with Crippen molar-refractivity contribution >= 4 is 17.5 Å². The number of fused-ring (bicyclic) bond motifs is 1. The van der Waals surface area contributed by atoms with E-state index in [-0.39, 0.29) is 17.4 Å². The summed E-state index contributed by atoms with van der Waals surface area (Å²) in [4.78, 5) is 26.9. The average molecular weight is 350 g/mol. The first-order valence-corrected chi connectivity index (χ1v) is 9.94. The average Bonchev–Trinajstić information content (AvgIpc) is 2.83. The van der Waals surface area contributed by atoms with Gasteiger partial charge < -0.3 is 10.2 Å². The molecule has 0 unspecified atom stereocenters. The molecule has 136 valence electrons. The second kappa shape index (κ2) is 5.70. The highest BCUT2D eigenvalue weighted by molar-refractivity contribution is 6.08. The largest absolute Gasteiger partial charge is 0.351 e. The fourth-order valence-electron chi connectivity index (χ4n) is 6.41. The Morgan fingerprint density at radius 2 is 1.65 bits per heavy atom. The van der Waals surface area contributed by atoms with E-state index in [9.17, 15) is 9.59 Å². The Kier molecular flexibility index (Phi) is 3.53. The highest BCUT2D eigenvalue weighted by Gasteiger charge is 2.51. The SMILES string of the molecule is C=C1c2ccccc2C(=O)N1CCC(=O)NC12CC3CC(CC(C3)C1)C2. The van der Waals surface area contributed by atoms with Crippen LogP contribution in [0, 0.1) is 17.8 Å². The molecule has 4 saturated carbocycles. The predicted molar refractivity (Wildman–Crippen MR) is 100 cm³/mol. The topological polar surface area (TPSA) is 49.4 Å². The van der Waals surface area contributed by atoms with Gasteiger partial charge in [-0.2, -0.15) is 0 Å². The second-order valence-electron chi connectivity index (χ2n) is 8.95. The molecule has 1 N–H and O–H groups in total. The molecule has 26 heavy (non-hydrogen) atoms. The van der Waals surface area contributed by atoms with Crippen LogP contribution in [-0.4, -0.2) is 28.8 Å². The predicted octanol–water partition coefficient (Wildman–Crippen LogP) is 3.59. The van der Waals surface area contributed by atoms with E-state index in [0.29, 0.717) is 24.2 Å². The summed E-state index contributed by atoms with van der Waals surface area (Å²) in [6.07, 6.45) is 7.93. The molecule has 1 aromatic rings. The van der Waals surface area contributed by atoms with Gasteiger partial charge in [0.05, 0.1) is 0 Å². The Bertz CT molecular complexity index is 727. The maximum atomic E-state index is 12.7. The van der Waals surface area contributed by atoms with Gasteiger partial charge >= 0.3 is 0 Å². The number of nitrogens with zero attached hydrogens (tertiary/aromatic N) is 1. The molecule has 0 radical (unpaired) electrons. The molecule has 4 aliphatic carbocycles. The summed E-state index contributed by atoms with van der Waals surface area (Å²) in [7, 11) is 0. The zero-order valence-electron chi connectivity index (χ0n) is 15.2. The molecule has 0 aromatic heterocycles. The molecule has 4 nitrogen and oxygen atoms in total. The minimum Gasteiger partial charge on any atom is -0.351 e. The molecule has 1 aromatic carbocycles. The first-order chi connectivity index (χ1) is 12.5. The number of amides is 2. The van der Waals surface area contributed by atoms with Gasteiger partial charge in [-0.05, 0) is 62.3 Å². The summed E-state index contributed by atoms with van der Waals surface area (Å²) in [6.45, 7) is 4.47. The summed E-state index contributed by atoms with van der Waals surface area (Å²) in [5, 5.41) is 3.39. The molecule has 5 aliphatic rings. The van der Waals surface area contributed by atoms with E-state index in [1.807, 2.05) is 24.3 Å². The van der Waals surface area contributed by atoms with E-state index >= 15 is 0 Å². The van der Waals surface area contributed by atoms with Crippen LogP contribution in [0.3, 0.4) is 0 Å². The Balaban J connectivity index is 1.22. The van der Waals surface area contributed by atoms with Crippen molar-refractivity contribution in [3.63, 3.8) is 0 Å². The van der Waals surface area contributed by atoms with Gasteiger partial charge in [-0.1, -0.05) is 24.8 Å².